The van der Waals surface area contributed by atoms with E-state index in [1.807, 2.05) is 25.4 Å². The van der Waals surface area contributed by atoms with Crippen LogP contribution in [-0.2, 0) is 13.6 Å². The van der Waals surface area contributed by atoms with Crippen molar-refractivity contribution in [2.24, 2.45) is 12.0 Å². The van der Waals surface area contributed by atoms with Gasteiger partial charge in [-0.1, -0.05) is 0 Å². The monoisotopic (exact) mass is 455 g/mol. The van der Waals surface area contributed by atoms with Crippen LogP contribution in [0.1, 0.15) is 18.5 Å². The summed E-state index contributed by atoms with van der Waals surface area (Å²) in [5.41, 5.74) is 1.22. The van der Waals surface area contributed by atoms with Gasteiger partial charge in [-0.3, -0.25) is 4.99 Å². The van der Waals surface area contributed by atoms with Crippen molar-refractivity contribution in [3.05, 3.63) is 42.5 Å². The van der Waals surface area contributed by atoms with E-state index in [-0.39, 0.29) is 24.0 Å². The highest BCUT2D eigenvalue weighted by Gasteiger charge is 2.22. The third-order valence-electron chi connectivity index (χ3n) is 4.31. The van der Waals surface area contributed by atoms with Gasteiger partial charge < -0.3 is 20.1 Å². The molecule has 2 aromatic heterocycles. The van der Waals surface area contributed by atoms with Crippen LogP contribution >= 0.6 is 24.0 Å². The molecule has 1 unspecified atom stereocenters. The molecule has 0 saturated carbocycles. The summed E-state index contributed by atoms with van der Waals surface area (Å²) in [7, 11) is 3.85. The normalized spacial score (nSPS) is 17.8. The fourth-order valence-corrected chi connectivity index (χ4v) is 2.97. The number of aryl methyl sites for hydroxylation is 1. The van der Waals surface area contributed by atoms with E-state index in [4.69, 9.17) is 0 Å². The maximum Gasteiger partial charge on any atom is 0.225 e. The number of aromatic nitrogens is 3. The average molecular weight is 455 g/mol. The van der Waals surface area contributed by atoms with E-state index in [2.05, 4.69) is 41.1 Å². The van der Waals surface area contributed by atoms with Crippen molar-refractivity contribution < 1.29 is 0 Å². The second kappa shape index (κ2) is 9.59. The zero-order valence-corrected chi connectivity index (χ0v) is 17.1. The molecule has 0 aliphatic carbocycles. The van der Waals surface area contributed by atoms with E-state index in [1.165, 1.54) is 5.69 Å². The molecule has 7 nitrogen and oxygen atoms in total. The molecule has 0 amide bonds. The van der Waals surface area contributed by atoms with Crippen LogP contribution < -0.4 is 15.5 Å². The maximum atomic E-state index is 4.35. The standard InChI is InChI=1S/C17H25N7.HI/c1-18-16(21-12-15-7-4-10-23(15)2)22-14-6-3-11-24(13-14)17-19-8-5-9-20-17;/h4-5,7-10,14H,3,6,11-13H2,1-2H3,(H2,18,21,22);1H. The molecule has 0 aromatic carbocycles. The van der Waals surface area contributed by atoms with Gasteiger partial charge in [0.1, 0.15) is 0 Å². The molecule has 1 atom stereocenters. The molecule has 3 heterocycles. The van der Waals surface area contributed by atoms with Crippen molar-refractivity contribution in [2.75, 3.05) is 25.0 Å². The Kier molecular flexibility index (Phi) is 7.48. The molecule has 25 heavy (non-hydrogen) atoms. The summed E-state index contributed by atoms with van der Waals surface area (Å²) in [6, 6.07) is 6.34. The van der Waals surface area contributed by atoms with Gasteiger partial charge in [-0.15, -0.1) is 24.0 Å². The second-order valence-corrected chi connectivity index (χ2v) is 6.01. The Morgan fingerprint density at radius 1 is 1.32 bits per heavy atom. The molecule has 0 bridgehead atoms. The zero-order valence-electron chi connectivity index (χ0n) is 14.7. The van der Waals surface area contributed by atoms with Crippen molar-refractivity contribution in [1.29, 1.82) is 0 Å². The van der Waals surface area contributed by atoms with Crippen LogP contribution in [0.2, 0.25) is 0 Å². The minimum Gasteiger partial charge on any atom is -0.353 e. The second-order valence-electron chi connectivity index (χ2n) is 6.01. The summed E-state index contributed by atoms with van der Waals surface area (Å²) in [4.78, 5) is 15.3. The predicted octanol–water partition coefficient (Wildman–Crippen LogP) is 1.77. The molecule has 1 aliphatic heterocycles. The van der Waals surface area contributed by atoms with Crippen molar-refractivity contribution in [3.8, 4) is 0 Å². The van der Waals surface area contributed by atoms with Gasteiger partial charge in [0.25, 0.3) is 0 Å². The summed E-state index contributed by atoms with van der Waals surface area (Å²) in [5.74, 6) is 1.63. The molecule has 1 saturated heterocycles. The minimum absolute atomic E-state index is 0. The number of anilines is 1. The minimum atomic E-state index is 0. The Bertz CT molecular complexity index is 671. The van der Waals surface area contributed by atoms with E-state index in [1.54, 1.807) is 19.4 Å². The van der Waals surface area contributed by atoms with Crippen molar-refractivity contribution in [1.82, 2.24) is 25.2 Å². The van der Waals surface area contributed by atoms with Gasteiger partial charge in [0.05, 0.1) is 6.54 Å². The van der Waals surface area contributed by atoms with Crippen LogP contribution in [0, 0.1) is 0 Å². The fourth-order valence-electron chi connectivity index (χ4n) is 2.97. The van der Waals surface area contributed by atoms with Gasteiger partial charge in [0.15, 0.2) is 5.96 Å². The van der Waals surface area contributed by atoms with Crippen LogP contribution in [0.25, 0.3) is 0 Å². The Balaban J connectivity index is 0.00000225. The SMILES string of the molecule is CN=C(NCc1cccn1C)NC1CCCN(c2ncccn2)C1.I. The van der Waals surface area contributed by atoms with Crippen LogP contribution in [0.4, 0.5) is 5.95 Å². The lowest BCUT2D eigenvalue weighted by Gasteiger charge is -2.33. The van der Waals surface area contributed by atoms with Crippen molar-refractivity contribution in [2.45, 2.75) is 25.4 Å². The molecule has 8 heteroatoms. The van der Waals surface area contributed by atoms with Gasteiger partial charge in [-0.2, -0.15) is 0 Å². The predicted molar refractivity (Wildman–Crippen MR) is 111 cm³/mol. The first kappa shape index (κ1) is 19.5. The highest BCUT2D eigenvalue weighted by atomic mass is 127. The highest BCUT2D eigenvalue weighted by Crippen LogP contribution is 2.15. The summed E-state index contributed by atoms with van der Waals surface area (Å²) in [5, 5.41) is 6.90. The number of nitrogens with one attached hydrogen (secondary N) is 2. The number of guanidine groups is 1. The number of aliphatic imine (C=N–C) groups is 1. The molecule has 1 fully saturated rings. The number of halogens is 1. The van der Waals surface area contributed by atoms with Crippen LogP contribution in [0.3, 0.4) is 0 Å². The van der Waals surface area contributed by atoms with E-state index in [9.17, 15) is 0 Å². The zero-order chi connectivity index (χ0) is 16.8. The lowest BCUT2D eigenvalue weighted by molar-refractivity contribution is 0.463. The number of hydrogen-bond acceptors (Lipinski definition) is 4. The molecule has 136 valence electrons. The molecular formula is C17H26IN7. The van der Waals surface area contributed by atoms with Gasteiger partial charge in [0, 0.05) is 57.5 Å². The molecule has 3 rings (SSSR count). The lowest BCUT2D eigenvalue weighted by atomic mass is 10.1. The largest absolute Gasteiger partial charge is 0.353 e. The van der Waals surface area contributed by atoms with E-state index < -0.39 is 0 Å². The number of rotatable bonds is 4. The molecule has 2 N–H and O–H groups in total. The average Bonchev–Trinajstić information content (AvgIpc) is 3.04. The highest BCUT2D eigenvalue weighted by molar-refractivity contribution is 14.0. The summed E-state index contributed by atoms with van der Waals surface area (Å²) in [6.07, 6.45) is 7.87. The first-order valence-corrected chi connectivity index (χ1v) is 8.35. The summed E-state index contributed by atoms with van der Waals surface area (Å²) >= 11 is 0. The first-order chi connectivity index (χ1) is 11.8. The topological polar surface area (TPSA) is 70.4 Å². The molecule has 0 spiro atoms. The van der Waals surface area contributed by atoms with E-state index in [0.717, 1.165) is 44.4 Å². The van der Waals surface area contributed by atoms with Crippen molar-refractivity contribution in [3.63, 3.8) is 0 Å². The van der Waals surface area contributed by atoms with E-state index in [0.29, 0.717) is 6.04 Å². The number of nitrogens with zero attached hydrogens (tertiary/aromatic N) is 5. The smallest absolute Gasteiger partial charge is 0.225 e. The Morgan fingerprint density at radius 2 is 2.12 bits per heavy atom. The van der Waals surface area contributed by atoms with Gasteiger partial charge in [-0.05, 0) is 31.0 Å². The number of hydrogen-bond donors (Lipinski definition) is 2. The Hall–Kier alpha value is -1.84. The third-order valence-corrected chi connectivity index (χ3v) is 4.31. The molecule has 2 aromatic rings. The van der Waals surface area contributed by atoms with Gasteiger partial charge in [0.2, 0.25) is 5.95 Å². The van der Waals surface area contributed by atoms with Crippen molar-refractivity contribution >= 4 is 35.9 Å². The Labute approximate surface area is 166 Å². The maximum absolute atomic E-state index is 4.35. The molecule has 0 radical (unpaired) electrons. The number of piperidine rings is 1. The first-order valence-electron chi connectivity index (χ1n) is 8.35. The molecule has 1 aliphatic rings. The molecular weight excluding hydrogens is 429 g/mol. The van der Waals surface area contributed by atoms with Crippen LogP contribution in [0.5, 0.6) is 0 Å². The van der Waals surface area contributed by atoms with Gasteiger partial charge >= 0.3 is 0 Å². The quantitative estimate of drug-likeness (QED) is 0.418. The Morgan fingerprint density at radius 3 is 2.80 bits per heavy atom. The third kappa shape index (κ3) is 5.32. The van der Waals surface area contributed by atoms with Gasteiger partial charge in [-0.25, -0.2) is 9.97 Å². The van der Waals surface area contributed by atoms with E-state index >= 15 is 0 Å². The lowest BCUT2D eigenvalue weighted by Crippen LogP contribution is -2.51. The summed E-state index contributed by atoms with van der Waals surface area (Å²) < 4.78 is 2.11. The van der Waals surface area contributed by atoms with Crippen LogP contribution in [-0.4, -0.2) is 46.7 Å². The fraction of sp³-hybridized carbons (Fsp3) is 0.471. The van der Waals surface area contributed by atoms with Crippen LogP contribution in [0.15, 0.2) is 41.8 Å². The summed E-state index contributed by atoms with van der Waals surface area (Å²) in [6.45, 7) is 2.63.